The van der Waals surface area contributed by atoms with Crippen molar-refractivity contribution in [1.82, 2.24) is 4.90 Å². The van der Waals surface area contributed by atoms with Crippen molar-refractivity contribution in [2.45, 2.75) is 26.2 Å². The molecule has 0 bridgehead atoms. The molecule has 2 aromatic rings. The molecular formula is C18H19ClN2O4. The van der Waals surface area contributed by atoms with E-state index in [0.717, 1.165) is 32.4 Å². The first-order valence-electron chi connectivity index (χ1n) is 8.29. The molecule has 1 saturated heterocycles. The van der Waals surface area contributed by atoms with Crippen LogP contribution in [0.3, 0.4) is 0 Å². The highest BCUT2D eigenvalue weighted by Gasteiger charge is 2.23. The Kier molecular flexibility index (Phi) is 5.08. The van der Waals surface area contributed by atoms with Crippen molar-refractivity contribution in [2.75, 3.05) is 13.1 Å². The van der Waals surface area contributed by atoms with Crippen LogP contribution in [0.25, 0.3) is 11.3 Å². The minimum absolute atomic E-state index is 0.0877. The van der Waals surface area contributed by atoms with Crippen LogP contribution in [0.1, 0.15) is 36.7 Å². The van der Waals surface area contributed by atoms with E-state index in [2.05, 4.69) is 6.92 Å². The second-order valence-corrected chi connectivity index (χ2v) is 6.82. The van der Waals surface area contributed by atoms with Crippen LogP contribution in [0.5, 0.6) is 0 Å². The van der Waals surface area contributed by atoms with Gasteiger partial charge < -0.3 is 9.32 Å². The van der Waals surface area contributed by atoms with Crippen molar-refractivity contribution in [3.8, 4) is 11.3 Å². The molecule has 0 spiro atoms. The molecule has 1 aromatic carbocycles. The number of carbonyl (C=O) groups is 1. The molecule has 1 unspecified atom stereocenters. The summed E-state index contributed by atoms with van der Waals surface area (Å²) in [7, 11) is 0. The normalized spacial score (nSPS) is 18.0. The molecule has 7 heteroatoms. The summed E-state index contributed by atoms with van der Waals surface area (Å²) in [5, 5.41) is 11.0. The Morgan fingerprint density at radius 2 is 2.08 bits per heavy atom. The van der Waals surface area contributed by atoms with Gasteiger partial charge >= 0.3 is 0 Å². The number of hydrogen-bond donors (Lipinski definition) is 0. The van der Waals surface area contributed by atoms with Gasteiger partial charge in [-0.05, 0) is 43.4 Å². The second-order valence-electron chi connectivity index (χ2n) is 6.41. The maximum absolute atomic E-state index is 12.6. The van der Waals surface area contributed by atoms with Gasteiger partial charge in [-0.1, -0.05) is 18.5 Å². The first kappa shape index (κ1) is 17.5. The van der Waals surface area contributed by atoms with Crippen LogP contribution in [-0.4, -0.2) is 28.8 Å². The topological polar surface area (TPSA) is 76.6 Å². The van der Waals surface area contributed by atoms with E-state index in [9.17, 15) is 14.9 Å². The Hall–Kier alpha value is -2.34. The monoisotopic (exact) mass is 362 g/mol. The fourth-order valence-corrected chi connectivity index (χ4v) is 3.30. The number of likely N-dealkylation sites (tertiary alicyclic amines) is 1. The molecule has 1 aliphatic rings. The van der Waals surface area contributed by atoms with Gasteiger partial charge in [-0.25, -0.2) is 0 Å². The van der Waals surface area contributed by atoms with Crippen LogP contribution in [0, 0.1) is 16.0 Å². The number of furan rings is 1. The molecule has 0 radical (unpaired) electrons. The van der Waals surface area contributed by atoms with Gasteiger partial charge in [-0.3, -0.25) is 14.9 Å². The summed E-state index contributed by atoms with van der Waals surface area (Å²) in [6, 6.07) is 7.46. The summed E-state index contributed by atoms with van der Waals surface area (Å²) in [6.45, 7) is 3.67. The summed E-state index contributed by atoms with van der Waals surface area (Å²) in [4.78, 5) is 24.8. The van der Waals surface area contributed by atoms with E-state index in [0.29, 0.717) is 17.2 Å². The Labute approximate surface area is 150 Å². The lowest BCUT2D eigenvalue weighted by molar-refractivity contribution is -0.384. The average molecular weight is 363 g/mol. The van der Waals surface area contributed by atoms with Gasteiger partial charge in [0, 0.05) is 30.8 Å². The van der Waals surface area contributed by atoms with E-state index in [1.165, 1.54) is 18.2 Å². The van der Waals surface area contributed by atoms with Crippen molar-refractivity contribution >= 4 is 23.2 Å². The molecule has 2 heterocycles. The van der Waals surface area contributed by atoms with Gasteiger partial charge in [0.2, 0.25) is 0 Å². The highest BCUT2D eigenvalue weighted by Crippen LogP contribution is 2.32. The quantitative estimate of drug-likeness (QED) is 0.582. The first-order chi connectivity index (χ1) is 12.0. The number of carbonyl (C=O) groups excluding carboxylic acids is 1. The number of nitrogens with zero attached hydrogens (tertiary/aromatic N) is 2. The van der Waals surface area contributed by atoms with Crippen LogP contribution < -0.4 is 0 Å². The zero-order valence-corrected chi connectivity index (χ0v) is 14.7. The predicted octanol–water partition coefficient (Wildman–Crippen LogP) is 4.77. The van der Waals surface area contributed by atoms with E-state index in [1.807, 2.05) is 4.90 Å². The molecule has 1 amide bonds. The minimum Gasteiger partial charge on any atom is -0.451 e. The van der Waals surface area contributed by atoms with Crippen LogP contribution in [-0.2, 0) is 0 Å². The molecule has 0 N–H and O–H groups in total. The van der Waals surface area contributed by atoms with Crippen molar-refractivity contribution in [1.29, 1.82) is 0 Å². The molecule has 1 fully saturated rings. The van der Waals surface area contributed by atoms with Gasteiger partial charge in [-0.15, -0.1) is 0 Å². The van der Waals surface area contributed by atoms with E-state index in [4.69, 9.17) is 16.0 Å². The Morgan fingerprint density at radius 3 is 2.80 bits per heavy atom. The van der Waals surface area contributed by atoms with Crippen LogP contribution in [0.4, 0.5) is 5.69 Å². The van der Waals surface area contributed by atoms with Gasteiger partial charge in [-0.2, -0.15) is 0 Å². The molecule has 1 atom stereocenters. The average Bonchev–Trinajstić information content (AvgIpc) is 2.96. The Morgan fingerprint density at radius 1 is 1.28 bits per heavy atom. The zero-order valence-electron chi connectivity index (χ0n) is 13.9. The predicted molar refractivity (Wildman–Crippen MR) is 94.7 cm³/mol. The summed E-state index contributed by atoms with van der Waals surface area (Å²) in [5.41, 5.74) is 0.436. The molecular weight excluding hydrogens is 344 g/mol. The number of nitro groups is 1. The summed E-state index contributed by atoms with van der Waals surface area (Å²) in [6.07, 6.45) is 3.12. The summed E-state index contributed by atoms with van der Waals surface area (Å²) in [5.74, 6) is 1.19. The molecule has 1 aromatic heterocycles. The number of hydrogen-bond acceptors (Lipinski definition) is 4. The molecule has 6 nitrogen and oxygen atoms in total. The lowest BCUT2D eigenvalue weighted by Gasteiger charge is -2.18. The number of amides is 1. The number of benzene rings is 1. The SMILES string of the molecule is CC1CCCN(C(=O)c2ccc(-c3ccc([N+](=O)[O-])cc3Cl)o2)CC1. The fraction of sp³-hybridized carbons (Fsp3) is 0.389. The van der Waals surface area contributed by atoms with Gasteiger partial charge in [0.1, 0.15) is 5.76 Å². The highest BCUT2D eigenvalue weighted by atomic mass is 35.5. The number of non-ortho nitro benzene ring substituents is 1. The lowest BCUT2D eigenvalue weighted by Crippen LogP contribution is -2.31. The van der Waals surface area contributed by atoms with E-state index < -0.39 is 4.92 Å². The third-order valence-corrected chi connectivity index (χ3v) is 4.86. The third kappa shape index (κ3) is 3.85. The molecule has 25 heavy (non-hydrogen) atoms. The van der Waals surface area contributed by atoms with E-state index in [-0.39, 0.29) is 22.4 Å². The second kappa shape index (κ2) is 7.27. The molecule has 3 rings (SSSR count). The third-order valence-electron chi connectivity index (χ3n) is 4.55. The maximum Gasteiger partial charge on any atom is 0.289 e. The van der Waals surface area contributed by atoms with Gasteiger partial charge in [0.05, 0.1) is 9.95 Å². The zero-order chi connectivity index (χ0) is 18.0. The van der Waals surface area contributed by atoms with Crippen molar-refractivity contribution in [2.24, 2.45) is 5.92 Å². The molecule has 1 aliphatic heterocycles. The maximum atomic E-state index is 12.6. The molecule has 0 saturated carbocycles. The van der Waals surface area contributed by atoms with Crippen LogP contribution in [0.15, 0.2) is 34.7 Å². The largest absolute Gasteiger partial charge is 0.451 e. The smallest absolute Gasteiger partial charge is 0.289 e. The van der Waals surface area contributed by atoms with E-state index in [1.54, 1.807) is 12.1 Å². The number of halogens is 1. The molecule has 0 aliphatic carbocycles. The minimum atomic E-state index is -0.507. The van der Waals surface area contributed by atoms with Crippen molar-refractivity contribution in [3.63, 3.8) is 0 Å². The van der Waals surface area contributed by atoms with Crippen molar-refractivity contribution < 1.29 is 14.1 Å². The Balaban J connectivity index is 1.80. The number of rotatable bonds is 3. The van der Waals surface area contributed by atoms with Gasteiger partial charge in [0.25, 0.3) is 11.6 Å². The standard InChI is InChI=1S/C18H19ClN2O4/c1-12-3-2-9-20(10-8-12)18(22)17-7-6-16(25-17)14-5-4-13(21(23)24)11-15(14)19/h4-7,11-12H,2-3,8-10H2,1H3. The fourth-order valence-electron chi connectivity index (χ4n) is 3.04. The van der Waals surface area contributed by atoms with Gasteiger partial charge in [0.15, 0.2) is 5.76 Å². The molecule has 132 valence electrons. The lowest BCUT2D eigenvalue weighted by atomic mass is 10.0. The van der Waals surface area contributed by atoms with E-state index >= 15 is 0 Å². The Bertz CT molecular complexity index is 802. The van der Waals surface area contributed by atoms with Crippen molar-refractivity contribution in [3.05, 3.63) is 51.2 Å². The summed E-state index contributed by atoms with van der Waals surface area (Å²) >= 11 is 6.12. The van der Waals surface area contributed by atoms with Crippen LogP contribution >= 0.6 is 11.6 Å². The summed E-state index contributed by atoms with van der Waals surface area (Å²) < 4.78 is 5.69. The first-order valence-corrected chi connectivity index (χ1v) is 8.67. The van der Waals surface area contributed by atoms with Crippen LogP contribution in [0.2, 0.25) is 5.02 Å². The number of nitro benzene ring substituents is 1. The highest BCUT2D eigenvalue weighted by molar-refractivity contribution is 6.33.